The van der Waals surface area contributed by atoms with Gasteiger partial charge in [-0.2, -0.15) is 0 Å². The van der Waals surface area contributed by atoms with E-state index in [-0.39, 0.29) is 11.9 Å². The number of fused-ring (bicyclic) bond motifs is 1. The van der Waals surface area contributed by atoms with Crippen LogP contribution in [0.4, 0.5) is 23.0 Å². The zero-order valence-electron chi connectivity index (χ0n) is 19.1. The quantitative estimate of drug-likeness (QED) is 0.329. The number of aryl methyl sites for hydroxylation is 1. The van der Waals surface area contributed by atoms with Gasteiger partial charge in [-0.05, 0) is 61.5 Å². The fourth-order valence-corrected chi connectivity index (χ4v) is 3.81. The Bertz CT molecular complexity index is 1470. The third kappa shape index (κ3) is 5.22. The maximum Gasteiger partial charge on any atom is 0.255 e. The number of carbonyl (C=O) groups excluding carboxylic acids is 1. The smallest absolute Gasteiger partial charge is 0.255 e. The van der Waals surface area contributed by atoms with E-state index in [1.54, 1.807) is 24.5 Å². The van der Waals surface area contributed by atoms with Crippen LogP contribution in [0.1, 0.15) is 27.4 Å². The second kappa shape index (κ2) is 9.56. The van der Waals surface area contributed by atoms with Gasteiger partial charge in [-0.15, -0.1) is 0 Å². The Kier molecular flexibility index (Phi) is 6.00. The first-order chi connectivity index (χ1) is 17.0. The molecule has 5 rings (SSSR count). The number of nitrogens with one attached hydrogen (secondary N) is 2. The highest BCUT2D eigenvalue weighted by molar-refractivity contribution is 6.04. The minimum Gasteiger partial charge on any atom is -0.368 e. The van der Waals surface area contributed by atoms with E-state index in [9.17, 15) is 4.79 Å². The highest BCUT2D eigenvalue weighted by Crippen LogP contribution is 2.25. The molecule has 0 bridgehead atoms. The van der Waals surface area contributed by atoms with Crippen molar-refractivity contribution in [2.45, 2.75) is 13.3 Å². The number of carbonyl (C=O) groups is 1. The molecule has 3 heterocycles. The fourth-order valence-electron chi connectivity index (χ4n) is 3.81. The van der Waals surface area contributed by atoms with Crippen LogP contribution in [0, 0.1) is 6.92 Å². The number of para-hydroxylation sites is 1. The van der Waals surface area contributed by atoms with Crippen molar-refractivity contribution < 1.29 is 4.79 Å². The number of anilines is 4. The molecule has 0 aliphatic carbocycles. The number of pyridine rings is 2. The van der Waals surface area contributed by atoms with Gasteiger partial charge in [0.2, 0.25) is 5.95 Å². The third-order valence-corrected chi connectivity index (χ3v) is 5.44. The number of nitrogen functional groups attached to an aromatic ring is 1. The monoisotopic (exact) mass is 461 g/mol. The summed E-state index contributed by atoms with van der Waals surface area (Å²) in [6, 6.07) is 22.7. The van der Waals surface area contributed by atoms with E-state index < -0.39 is 0 Å². The van der Waals surface area contributed by atoms with Gasteiger partial charge in [-0.1, -0.05) is 18.2 Å². The average Bonchev–Trinajstić information content (AvgIpc) is 2.85. The number of hydrogen-bond acceptors (Lipinski definition) is 7. The van der Waals surface area contributed by atoms with Crippen LogP contribution in [0.3, 0.4) is 0 Å². The van der Waals surface area contributed by atoms with Gasteiger partial charge in [0.15, 0.2) is 0 Å². The van der Waals surface area contributed by atoms with E-state index in [0.29, 0.717) is 17.7 Å². The van der Waals surface area contributed by atoms with Crippen molar-refractivity contribution in [3.63, 3.8) is 0 Å². The zero-order chi connectivity index (χ0) is 24.2. The number of hydrogen-bond donors (Lipinski definition) is 3. The molecular formula is C27H23N7O. The summed E-state index contributed by atoms with van der Waals surface area (Å²) in [5.41, 5.74) is 12.1. The molecule has 0 unspecified atom stereocenters. The summed E-state index contributed by atoms with van der Waals surface area (Å²) in [6.45, 7) is 1.87. The maximum absolute atomic E-state index is 12.7. The molecule has 8 heteroatoms. The minimum atomic E-state index is -0.209. The molecule has 0 aliphatic rings. The van der Waals surface area contributed by atoms with Gasteiger partial charge in [0.1, 0.15) is 0 Å². The molecule has 0 aliphatic heterocycles. The van der Waals surface area contributed by atoms with Crippen molar-refractivity contribution in [3.8, 4) is 0 Å². The van der Waals surface area contributed by atoms with Crippen LogP contribution in [-0.4, -0.2) is 25.8 Å². The van der Waals surface area contributed by atoms with E-state index >= 15 is 0 Å². The molecule has 172 valence electrons. The summed E-state index contributed by atoms with van der Waals surface area (Å²) in [7, 11) is 0. The van der Waals surface area contributed by atoms with Gasteiger partial charge in [0.05, 0.1) is 23.1 Å². The summed E-state index contributed by atoms with van der Waals surface area (Å²) >= 11 is 0. The first kappa shape index (κ1) is 22.0. The van der Waals surface area contributed by atoms with E-state index in [0.717, 1.165) is 39.4 Å². The Morgan fingerprint density at radius 2 is 1.69 bits per heavy atom. The molecule has 5 aromatic rings. The molecule has 4 N–H and O–H groups in total. The van der Waals surface area contributed by atoms with Crippen molar-refractivity contribution in [1.29, 1.82) is 0 Å². The summed E-state index contributed by atoms with van der Waals surface area (Å²) < 4.78 is 0. The Morgan fingerprint density at radius 3 is 2.46 bits per heavy atom. The lowest BCUT2D eigenvalue weighted by Gasteiger charge is -2.10. The standard InChI is InChI=1S/C27H23N7O/c1-17-14-22(34-27(28)31-17)15-20-10-11-21(16-30-20)33-26(35)18-6-8-19(9-7-18)32-25-12-13-29-24-5-3-2-4-23(24)25/h2-14,16H,15H2,1H3,(H,29,32)(H,33,35)(H2,28,31,34). The van der Waals surface area contributed by atoms with Crippen LogP contribution >= 0.6 is 0 Å². The molecule has 0 radical (unpaired) electrons. The van der Waals surface area contributed by atoms with Gasteiger partial charge < -0.3 is 16.4 Å². The number of aromatic nitrogens is 4. The second-order valence-corrected chi connectivity index (χ2v) is 8.11. The molecular weight excluding hydrogens is 438 g/mol. The van der Waals surface area contributed by atoms with Crippen LogP contribution in [0.2, 0.25) is 0 Å². The highest BCUT2D eigenvalue weighted by atomic mass is 16.1. The first-order valence-electron chi connectivity index (χ1n) is 11.1. The Morgan fingerprint density at radius 1 is 0.886 bits per heavy atom. The topological polar surface area (TPSA) is 119 Å². The Balaban J connectivity index is 1.23. The normalized spacial score (nSPS) is 10.8. The summed E-state index contributed by atoms with van der Waals surface area (Å²) in [6.07, 6.45) is 3.94. The SMILES string of the molecule is Cc1cc(Cc2ccc(NC(=O)c3ccc(Nc4ccnc5ccccc45)cc3)cn2)nc(N)n1. The van der Waals surface area contributed by atoms with Crippen LogP contribution in [0.25, 0.3) is 10.9 Å². The van der Waals surface area contributed by atoms with Gasteiger partial charge in [-0.3, -0.25) is 14.8 Å². The summed E-state index contributed by atoms with van der Waals surface area (Å²) in [5, 5.41) is 7.32. The predicted molar refractivity (Wildman–Crippen MR) is 138 cm³/mol. The van der Waals surface area contributed by atoms with E-state index in [2.05, 4.69) is 30.6 Å². The van der Waals surface area contributed by atoms with Crippen LogP contribution in [0.5, 0.6) is 0 Å². The predicted octanol–water partition coefficient (Wildman–Crippen LogP) is 4.90. The van der Waals surface area contributed by atoms with E-state index in [1.807, 2.05) is 67.6 Å². The largest absolute Gasteiger partial charge is 0.368 e. The van der Waals surface area contributed by atoms with Crippen LogP contribution in [0.15, 0.2) is 85.2 Å². The molecule has 0 fully saturated rings. The molecule has 2 aromatic carbocycles. The van der Waals surface area contributed by atoms with Crippen molar-refractivity contribution >= 4 is 39.8 Å². The number of amides is 1. The van der Waals surface area contributed by atoms with Crippen molar-refractivity contribution in [2.75, 3.05) is 16.4 Å². The van der Waals surface area contributed by atoms with E-state index in [1.165, 1.54) is 0 Å². The lowest BCUT2D eigenvalue weighted by Crippen LogP contribution is -2.12. The van der Waals surface area contributed by atoms with Crippen molar-refractivity contribution in [2.24, 2.45) is 0 Å². The van der Waals surface area contributed by atoms with Crippen molar-refractivity contribution in [3.05, 3.63) is 108 Å². The molecule has 3 aromatic heterocycles. The lowest BCUT2D eigenvalue weighted by atomic mass is 10.1. The van der Waals surface area contributed by atoms with Crippen LogP contribution in [-0.2, 0) is 6.42 Å². The maximum atomic E-state index is 12.7. The number of rotatable bonds is 6. The zero-order valence-corrected chi connectivity index (χ0v) is 19.1. The molecule has 0 spiro atoms. The second-order valence-electron chi connectivity index (χ2n) is 8.11. The lowest BCUT2D eigenvalue weighted by molar-refractivity contribution is 0.102. The molecule has 35 heavy (non-hydrogen) atoms. The Labute approximate surface area is 202 Å². The average molecular weight is 462 g/mol. The summed E-state index contributed by atoms with van der Waals surface area (Å²) in [4.78, 5) is 29.8. The van der Waals surface area contributed by atoms with Gasteiger partial charge in [-0.25, -0.2) is 9.97 Å². The van der Waals surface area contributed by atoms with Crippen LogP contribution < -0.4 is 16.4 Å². The molecule has 8 nitrogen and oxygen atoms in total. The fraction of sp³-hybridized carbons (Fsp3) is 0.0741. The number of nitrogens with zero attached hydrogens (tertiary/aromatic N) is 4. The molecule has 1 amide bonds. The number of nitrogens with two attached hydrogens (primary N) is 1. The van der Waals surface area contributed by atoms with Gasteiger partial charge >= 0.3 is 0 Å². The molecule has 0 atom stereocenters. The Hall–Kier alpha value is -4.85. The van der Waals surface area contributed by atoms with Gasteiger partial charge in [0.25, 0.3) is 5.91 Å². The first-order valence-corrected chi connectivity index (χ1v) is 11.1. The molecule has 0 saturated heterocycles. The molecule has 0 saturated carbocycles. The van der Waals surface area contributed by atoms with Gasteiger partial charge in [0, 0.05) is 46.3 Å². The summed E-state index contributed by atoms with van der Waals surface area (Å²) in [5.74, 6) is 0.0406. The third-order valence-electron chi connectivity index (χ3n) is 5.44. The highest BCUT2D eigenvalue weighted by Gasteiger charge is 2.09. The van der Waals surface area contributed by atoms with E-state index in [4.69, 9.17) is 5.73 Å². The number of benzene rings is 2. The minimum absolute atomic E-state index is 0.209. The van der Waals surface area contributed by atoms with Crippen molar-refractivity contribution in [1.82, 2.24) is 19.9 Å².